The van der Waals surface area contributed by atoms with Crippen molar-refractivity contribution in [2.45, 2.75) is 0 Å². The summed E-state index contributed by atoms with van der Waals surface area (Å²) in [7, 11) is 0. The van der Waals surface area contributed by atoms with Crippen LogP contribution in [0.3, 0.4) is 0 Å². The highest BCUT2D eigenvalue weighted by atomic mass is 16.5. The summed E-state index contributed by atoms with van der Waals surface area (Å²) in [6, 6.07) is 17.1. The summed E-state index contributed by atoms with van der Waals surface area (Å²) in [4.78, 5) is 4.45. The quantitative estimate of drug-likeness (QED) is 0.608. The van der Waals surface area contributed by atoms with Crippen LogP contribution in [0.4, 0.5) is 0 Å². The summed E-state index contributed by atoms with van der Waals surface area (Å²) in [5, 5.41) is 13.5. The molecule has 4 nitrogen and oxygen atoms in total. The van der Waals surface area contributed by atoms with Gasteiger partial charge in [0.15, 0.2) is 0 Å². The SMILES string of the molecule is NC1=C/C=N\C(c2ccccc2)=c2\cccc\c2=[N+]\1[O-]. The third-order valence-electron chi connectivity index (χ3n) is 3.11. The van der Waals surface area contributed by atoms with E-state index < -0.39 is 0 Å². The fourth-order valence-electron chi connectivity index (χ4n) is 2.14. The van der Waals surface area contributed by atoms with Crippen molar-refractivity contribution in [3.8, 4) is 0 Å². The van der Waals surface area contributed by atoms with E-state index in [2.05, 4.69) is 4.99 Å². The molecule has 0 unspecified atom stereocenters. The third kappa shape index (κ3) is 2.07. The van der Waals surface area contributed by atoms with Crippen LogP contribution in [-0.2, 0) is 0 Å². The molecule has 0 amide bonds. The third-order valence-corrected chi connectivity index (χ3v) is 3.11. The van der Waals surface area contributed by atoms with Crippen molar-refractivity contribution in [3.63, 3.8) is 0 Å². The van der Waals surface area contributed by atoms with Crippen LogP contribution in [-0.4, -0.2) is 6.21 Å². The largest absolute Gasteiger partial charge is 0.710 e. The Bertz CT molecular complexity index is 820. The molecule has 3 rings (SSSR count). The van der Waals surface area contributed by atoms with E-state index in [9.17, 15) is 5.21 Å². The van der Waals surface area contributed by atoms with E-state index in [4.69, 9.17) is 5.73 Å². The topological polar surface area (TPSA) is 64.4 Å². The Morgan fingerprint density at radius 1 is 0.950 bits per heavy atom. The van der Waals surface area contributed by atoms with E-state index in [0.29, 0.717) is 5.36 Å². The van der Waals surface area contributed by atoms with Crippen molar-refractivity contribution in [1.29, 1.82) is 0 Å². The second-order valence-electron chi connectivity index (χ2n) is 4.40. The molecule has 1 heterocycles. The molecule has 20 heavy (non-hydrogen) atoms. The fraction of sp³-hybridized carbons (Fsp3) is 0. The molecular weight excluding hydrogens is 250 g/mol. The highest BCUT2D eigenvalue weighted by Gasteiger charge is 2.07. The van der Waals surface area contributed by atoms with Gasteiger partial charge < -0.3 is 5.21 Å². The van der Waals surface area contributed by atoms with Crippen LogP contribution in [0.2, 0.25) is 0 Å². The van der Waals surface area contributed by atoms with E-state index in [1.807, 2.05) is 48.5 Å². The number of hydroxylamine groups is 1. The molecule has 0 fully saturated rings. The Labute approximate surface area is 116 Å². The summed E-state index contributed by atoms with van der Waals surface area (Å²) in [6.45, 7) is 0. The second-order valence-corrected chi connectivity index (χ2v) is 4.40. The van der Waals surface area contributed by atoms with Crippen molar-refractivity contribution >= 4 is 11.9 Å². The Balaban J connectivity index is 2.47. The zero-order valence-corrected chi connectivity index (χ0v) is 10.7. The molecule has 0 aromatic heterocycles. The van der Waals surface area contributed by atoms with Gasteiger partial charge in [0.1, 0.15) is 5.36 Å². The van der Waals surface area contributed by atoms with Gasteiger partial charge in [-0.05, 0) is 12.1 Å². The van der Waals surface area contributed by atoms with Crippen LogP contribution in [0.1, 0.15) is 5.56 Å². The Kier molecular flexibility index (Phi) is 3.05. The minimum atomic E-state index is 0.119. The molecule has 0 spiro atoms. The fourth-order valence-corrected chi connectivity index (χ4v) is 2.14. The van der Waals surface area contributed by atoms with Gasteiger partial charge in [0, 0.05) is 23.1 Å². The Morgan fingerprint density at radius 2 is 1.65 bits per heavy atom. The minimum Gasteiger partial charge on any atom is -0.710 e. The number of hydrogen-bond donors (Lipinski definition) is 1. The van der Waals surface area contributed by atoms with E-state index in [0.717, 1.165) is 21.2 Å². The number of benzene rings is 2. The lowest BCUT2D eigenvalue weighted by Gasteiger charge is -2.10. The zero-order valence-electron chi connectivity index (χ0n) is 10.7. The molecule has 2 N–H and O–H groups in total. The molecule has 1 aliphatic rings. The molecule has 98 valence electrons. The second kappa shape index (κ2) is 5.01. The average molecular weight is 263 g/mol. The molecule has 4 heteroatoms. The molecule has 0 saturated heterocycles. The predicted octanol–water partition coefficient (Wildman–Crippen LogP) is 0.717. The van der Waals surface area contributed by atoms with Gasteiger partial charge in [-0.2, -0.15) is 0 Å². The molecule has 2 aromatic carbocycles. The van der Waals surface area contributed by atoms with Crippen LogP contribution in [0.15, 0.2) is 71.5 Å². The van der Waals surface area contributed by atoms with E-state index in [-0.39, 0.29) is 5.82 Å². The Morgan fingerprint density at radius 3 is 2.45 bits per heavy atom. The number of fused-ring (bicyclic) bond motifs is 1. The first-order valence-electron chi connectivity index (χ1n) is 6.26. The number of hydrogen-bond acceptors (Lipinski definition) is 3. The normalized spacial score (nSPS) is 23.9. The van der Waals surface area contributed by atoms with E-state index in [1.165, 1.54) is 6.08 Å². The molecule has 0 atom stereocenters. The molecular formula is C16H13N3O. The van der Waals surface area contributed by atoms with Crippen LogP contribution in [0.25, 0.3) is 5.70 Å². The van der Waals surface area contributed by atoms with Gasteiger partial charge in [-0.15, -0.1) is 0 Å². The van der Waals surface area contributed by atoms with Crippen LogP contribution >= 0.6 is 0 Å². The number of nitrogens with two attached hydrogens (primary N) is 1. The first-order valence-corrected chi connectivity index (χ1v) is 6.26. The van der Waals surface area contributed by atoms with Gasteiger partial charge >= 0.3 is 0 Å². The van der Waals surface area contributed by atoms with Gasteiger partial charge in [-0.3, -0.25) is 10.7 Å². The summed E-state index contributed by atoms with van der Waals surface area (Å²) >= 11 is 0. The standard InChI is InChI=1S/C16H13N3O/c17-15-10-11-18-16(12-6-2-1-3-7-12)13-8-4-5-9-14(13)19(15)20/h1-11H,17H2/b11-10?,15-10-,16-13-,18-11-,18-16?. The van der Waals surface area contributed by atoms with Crippen molar-refractivity contribution in [3.05, 3.63) is 87.8 Å². The van der Waals surface area contributed by atoms with Gasteiger partial charge in [-0.1, -0.05) is 42.5 Å². The first-order chi connectivity index (χ1) is 9.77. The maximum absolute atomic E-state index is 12.2. The smallest absolute Gasteiger partial charge is 0.277 e. The molecule has 0 saturated carbocycles. The highest BCUT2D eigenvalue weighted by Crippen LogP contribution is 2.11. The van der Waals surface area contributed by atoms with Gasteiger partial charge in [0.05, 0.1) is 5.70 Å². The Hall–Kier alpha value is -2.88. The first kappa shape index (κ1) is 12.2. The summed E-state index contributed by atoms with van der Waals surface area (Å²) < 4.78 is 0.726. The van der Waals surface area contributed by atoms with Gasteiger partial charge in [0.2, 0.25) is 0 Å². The molecule has 0 bridgehead atoms. The summed E-state index contributed by atoms with van der Waals surface area (Å²) in [6.07, 6.45) is 3.06. The lowest BCUT2D eigenvalue weighted by atomic mass is 10.1. The lowest BCUT2D eigenvalue weighted by molar-refractivity contribution is 0.850. The maximum atomic E-state index is 12.2. The van der Waals surface area contributed by atoms with Crippen LogP contribution in [0.5, 0.6) is 0 Å². The summed E-state index contributed by atoms with van der Waals surface area (Å²) in [5.41, 5.74) is 7.43. The van der Waals surface area contributed by atoms with Crippen molar-refractivity contribution in [2.24, 2.45) is 10.7 Å². The average Bonchev–Trinajstić information content (AvgIpc) is 2.50. The monoisotopic (exact) mass is 263 g/mol. The number of rotatable bonds is 1. The molecule has 2 aromatic rings. The zero-order chi connectivity index (χ0) is 13.9. The number of allylic oxidation sites excluding steroid dienone is 1. The lowest BCUT2D eigenvalue weighted by Crippen LogP contribution is -2.40. The highest BCUT2D eigenvalue weighted by molar-refractivity contribution is 5.80. The van der Waals surface area contributed by atoms with E-state index in [1.54, 1.807) is 12.3 Å². The molecule has 1 aliphatic heterocycles. The maximum Gasteiger partial charge on any atom is 0.277 e. The molecule has 0 radical (unpaired) electrons. The van der Waals surface area contributed by atoms with Gasteiger partial charge in [-0.25, -0.2) is 4.74 Å². The van der Waals surface area contributed by atoms with Crippen molar-refractivity contribution in [1.82, 2.24) is 4.74 Å². The van der Waals surface area contributed by atoms with E-state index >= 15 is 0 Å². The predicted molar refractivity (Wildman–Crippen MR) is 80.0 cm³/mol. The van der Waals surface area contributed by atoms with Crippen LogP contribution in [0, 0.1) is 5.21 Å². The number of para-hydroxylation sites is 1. The van der Waals surface area contributed by atoms with Crippen molar-refractivity contribution < 1.29 is 0 Å². The molecule has 0 aliphatic carbocycles. The van der Waals surface area contributed by atoms with Crippen LogP contribution < -0.4 is 21.0 Å². The number of aliphatic imine (C=N–C) groups is 1. The minimum absolute atomic E-state index is 0.119. The van der Waals surface area contributed by atoms with Crippen molar-refractivity contribution in [2.75, 3.05) is 0 Å². The van der Waals surface area contributed by atoms with Gasteiger partial charge in [0.25, 0.3) is 5.82 Å². The summed E-state index contributed by atoms with van der Waals surface area (Å²) in [5.74, 6) is 0.119. The number of nitrogens with zero attached hydrogens (tertiary/aromatic N) is 2.